The Morgan fingerprint density at radius 2 is 1.72 bits per heavy atom. The van der Waals surface area contributed by atoms with Gasteiger partial charge in [-0.15, -0.1) is 0 Å². The highest BCUT2D eigenvalue weighted by molar-refractivity contribution is 6.04. The summed E-state index contributed by atoms with van der Waals surface area (Å²) in [6, 6.07) is 11.5. The number of carbonyl (C=O) groups excluding carboxylic acids is 1. The minimum absolute atomic E-state index is 0.244. The van der Waals surface area contributed by atoms with Crippen LogP contribution in [0.4, 0.5) is 18.9 Å². The first-order chi connectivity index (χ1) is 13.8. The van der Waals surface area contributed by atoms with Crippen LogP contribution in [0.15, 0.2) is 54.7 Å². The predicted octanol–water partition coefficient (Wildman–Crippen LogP) is 5.12. The zero-order valence-electron chi connectivity index (χ0n) is 15.7. The molecule has 0 saturated carbocycles. The van der Waals surface area contributed by atoms with Gasteiger partial charge in [0.05, 0.1) is 23.4 Å². The molecule has 3 rings (SSSR count). The van der Waals surface area contributed by atoms with Gasteiger partial charge in [0.2, 0.25) is 0 Å². The van der Waals surface area contributed by atoms with E-state index in [0.717, 1.165) is 12.1 Å². The molecule has 0 radical (unpaired) electrons. The quantitative estimate of drug-likeness (QED) is 0.644. The Balaban J connectivity index is 1.75. The van der Waals surface area contributed by atoms with Gasteiger partial charge in [0.1, 0.15) is 5.75 Å². The summed E-state index contributed by atoms with van der Waals surface area (Å²) in [5, 5.41) is 2.75. The average molecular weight is 401 g/mol. The number of hydrogen-bond donors (Lipinski definition) is 1. The Morgan fingerprint density at radius 3 is 2.28 bits per heavy atom. The number of anilines is 1. The highest BCUT2D eigenvalue weighted by Gasteiger charge is 2.30. The highest BCUT2D eigenvalue weighted by atomic mass is 19.4. The first kappa shape index (κ1) is 20.3. The lowest BCUT2D eigenvalue weighted by molar-refractivity contribution is -0.137. The van der Waals surface area contributed by atoms with E-state index in [1.54, 1.807) is 31.2 Å². The molecule has 150 valence electrons. The number of halogens is 3. The molecule has 2 aromatic carbocycles. The lowest BCUT2D eigenvalue weighted by Gasteiger charge is -2.10. The molecule has 0 aliphatic heterocycles. The van der Waals surface area contributed by atoms with Crippen molar-refractivity contribution >= 4 is 11.6 Å². The SMILES string of the molecule is CCOc1ccc(NC(=O)c2cnc(-c3ccc(C(F)(F)F)cc3)nc2C)cc1. The lowest BCUT2D eigenvalue weighted by Crippen LogP contribution is -2.15. The third kappa shape index (κ3) is 4.90. The van der Waals surface area contributed by atoms with Crippen molar-refractivity contribution in [1.29, 1.82) is 0 Å². The van der Waals surface area contributed by atoms with E-state index in [0.29, 0.717) is 29.3 Å². The standard InChI is InChI=1S/C21H18F3N3O2/c1-3-29-17-10-8-16(9-11-17)27-20(28)18-12-25-19(26-13(18)2)14-4-6-15(7-5-14)21(22,23)24/h4-12H,3H2,1-2H3,(H,27,28). The fourth-order valence-electron chi connectivity index (χ4n) is 2.64. The number of ether oxygens (including phenoxy) is 1. The topological polar surface area (TPSA) is 64.1 Å². The molecule has 0 aliphatic rings. The van der Waals surface area contributed by atoms with Gasteiger partial charge >= 0.3 is 6.18 Å². The fraction of sp³-hybridized carbons (Fsp3) is 0.190. The van der Waals surface area contributed by atoms with Crippen molar-refractivity contribution in [2.24, 2.45) is 0 Å². The van der Waals surface area contributed by atoms with Crippen molar-refractivity contribution in [3.05, 3.63) is 71.5 Å². The van der Waals surface area contributed by atoms with Gasteiger partial charge in [-0.1, -0.05) is 12.1 Å². The van der Waals surface area contributed by atoms with Gasteiger partial charge in [0.15, 0.2) is 5.82 Å². The summed E-state index contributed by atoms with van der Waals surface area (Å²) in [5.74, 6) is 0.561. The zero-order valence-corrected chi connectivity index (χ0v) is 15.7. The van der Waals surface area contributed by atoms with Crippen LogP contribution in [0.2, 0.25) is 0 Å². The molecule has 0 bridgehead atoms. The second-order valence-electron chi connectivity index (χ2n) is 6.18. The Morgan fingerprint density at radius 1 is 1.07 bits per heavy atom. The largest absolute Gasteiger partial charge is 0.494 e. The molecular formula is C21H18F3N3O2. The summed E-state index contributed by atoms with van der Waals surface area (Å²) >= 11 is 0. The molecule has 0 unspecified atom stereocenters. The van der Waals surface area contributed by atoms with Crippen LogP contribution in [0, 0.1) is 6.92 Å². The summed E-state index contributed by atoms with van der Waals surface area (Å²) in [4.78, 5) is 20.9. The summed E-state index contributed by atoms with van der Waals surface area (Å²) in [6.45, 7) is 4.07. The van der Waals surface area contributed by atoms with Crippen LogP contribution in [-0.4, -0.2) is 22.5 Å². The van der Waals surface area contributed by atoms with Gasteiger partial charge in [0, 0.05) is 17.4 Å². The number of rotatable bonds is 5. The van der Waals surface area contributed by atoms with Gasteiger partial charge in [-0.2, -0.15) is 13.2 Å². The number of hydrogen-bond acceptors (Lipinski definition) is 4. The number of alkyl halides is 3. The van der Waals surface area contributed by atoms with Crippen LogP contribution < -0.4 is 10.1 Å². The molecule has 0 atom stereocenters. The van der Waals surface area contributed by atoms with E-state index in [1.807, 2.05) is 6.92 Å². The van der Waals surface area contributed by atoms with Crippen molar-refractivity contribution in [3.8, 4) is 17.1 Å². The van der Waals surface area contributed by atoms with Gasteiger partial charge in [-0.25, -0.2) is 9.97 Å². The van der Waals surface area contributed by atoms with Crippen molar-refractivity contribution in [1.82, 2.24) is 9.97 Å². The van der Waals surface area contributed by atoms with Crippen LogP contribution in [-0.2, 0) is 6.18 Å². The van der Waals surface area contributed by atoms with Crippen LogP contribution in [0.5, 0.6) is 5.75 Å². The van der Waals surface area contributed by atoms with E-state index < -0.39 is 11.7 Å². The second-order valence-corrected chi connectivity index (χ2v) is 6.18. The van der Waals surface area contributed by atoms with Crippen molar-refractivity contribution < 1.29 is 22.7 Å². The number of aromatic nitrogens is 2. The monoisotopic (exact) mass is 401 g/mol. The van der Waals surface area contributed by atoms with Crippen LogP contribution >= 0.6 is 0 Å². The van der Waals surface area contributed by atoms with E-state index in [-0.39, 0.29) is 17.3 Å². The van der Waals surface area contributed by atoms with Crippen LogP contribution in [0.25, 0.3) is 11.4 Å². The molecule has 5 nitrogen and oxygen atoms in total. The molecule has 0 fully saturated rings. The molecule has 29 heavy (non-hydrogen) atoms. The van der Waals surface area contributed by atoms with Crippen molar-refractivity contribution in [2.45, 2.75) is 20.0 Å². The van der Waals surface area contributed by atoms with Crippen LogP contribution in [0.3, 0.4) is 0 Å². The van der Waals surface area contributed by atoms with E-state index in [2.05, 4.69) is 15.3 Å². The first-order valence-corrected chi connectivity index (χ1v) is 8.83. The second kappa shape index (κ2) is 8.30. The van der Waals surface area contributed by atoms with Gasteiger partial charge in [-0.3, -0.25) is 4.79 Å². The number of aryl methyl sites for hydroxylation is 1. The Kier molecular flexibility index (Phi) is 5.81. The zero-order chi connectivity index (χ0) is 21.0. The highest BCUT2D eigenvalue weighted by Crippen LogP contribution is 2.30. The smallest absolute Gasteiger partial charge is 0.416 e. The molecule has 8 heteroatoms. The third-order valence-electron chi connectivity index (χ3n) is 4.12. The molecule has 1 heterocycles. The number of nitrogens with zero attached hydrogens (tertiary/aromatic N) is 2. The molecule has 0 saturated heterocycles. The summed E-state index contributed by atoms with van der Waals surface area (Å²) < 4.78 is 43.4. The molecular weight excluding hydrogens is 383 g/mol. The third-order valence-corrected chi connectivity index (χ3v) is 4.12. The molecule has 1 amide bonds. The first-order valence-electron chi connectivity index (χ1n) is 8.83. The van der Waals surface area contributed by atoms with Gasteiger partial charge in [-0.05, 0) is 50.2 Å². The normalized spacial score (nSPS) is 11.2. The molecule has 0 aliphatic carbocycles. The van der Waals surface area contributed by atoms with E-state index in [1.165, 1.54) is 18.3 Å². The average Bonchev–Trinajstić information content (AvgIpc) is 2.69. The van der Waals surface area contributed by atoms with Crippen molar-refractivity contribution in [2.75, 3.05) is 11.9 Å². The van der Waals surface area contributed by atoms with Crippen molar-refractivity contribution in [3.63, 3.8) is 0 Å². The number of carbonyl (C=O) groups is 1. The Bertz CT molecular complexity index is 1000. The molecule has 1 aromatic heterocycles. The molecule has 1 N–H and O–H groups in total. The maximum absolute atomic E-state index is 12.7. The summed E-state index contributed by atoms with van der Waals surface area (Å²) in [6.07, 6.45) is -3.04. The number of benzene rings is 2. The Labute approximate surface area is 165 Å². The van der Waals surface area contributed by atoms with E-state index in [4.69, 9.17) is 4.74 Å². The predicted molar refractivity (Wildman–Crippen MR) is 103 cm³/mol. The van der Waals surface area contributed by atoms with E-state index in [9.17, 15) is 18.0 Å². The minimum atomic E-state index is -4.40. The molecule has 3 aromatic rings. The van der Waals surface area contributed by atoms with Gasteiger partial charge < -0.3 is 10.1 Å². The Hall–Kier alpha value is -3.42. The van der Waals surface area contributed by atoms with Crippen LogP contribution in [0.1, 0.15) is 28.5 Å². The summed E-state index contributed by atoms with van der Waals surface area (Å²) in [5.41, 5.74) is 0.960. The van der Waals surface area contributed by atoms with E-state index >= 15 is 0 Å². The summed E-state index contributed by atoms with van der Waals surface area (Å²) in [7, 11) is 0. The van der Waals surface area contributed by atoms with Gasteiger partial charge in [0.25, 0.3) is 5.91 Å². The fourth-order valence-corrected chi connectivity index (χ4v) is 2.64. The maximum Gasteiger partial charge on any atom is 0.416 e. The molecule has 0 spiro atoms. The number of amides is 1. The maximum atomic E-state index is 12.7. The number of nitrogens with one attached hydrogen (secondary N) is 1. The minimum Gasteiger partial charge on any atom is -0.494 e. The lowest BCUT2D eigenvalue weighted by atomic mass is 10.1.